The minimum absolute atomic E-state index is 0.153. The summed E-state index contributed by atoms with van der Waals surface area (Å²) in [6.07, 6.45) is 3.03. The van der Waals surface area contributed by atoms with E-state index in [1.165, 1.54) is 10.5 Å². The fourth-order valence-corrected chi connectivity index (χ4v) is 5.43. The van der Waals surface area contributed by atoms with Crippen LogP contribution in [0.4, 0.5) is 14.4 Å². The topological polar surface area (TPSA) is 107 Å². The van der Waals surface area contributed by atoms with Crippen molar-refractivity contribution in [2.24, 2.45) is 0 Å². The van der Waals surface area contributed by atoms with E-state index in [4.69, 9.17) is 18.9 Å². The third kappa shape index (κ3) is 9.89. The van der Waals surface area contributed by atoms with E-state index < -0.39 is 30.6 Å². The van der Waals surface area contributed by atoms with Crippen molar-refractivity contribution in [3.05, 3.63) is 90.5 Å². The molecule has 0 aliphatic carbocycles. The van der Waals surface area contributed by atoms with Crippen LogP contribution in [0, 0.1) is 0 Å². The molecule has 1 N–H and O–H groups in total. The molecule has 2 aliphatic heterocycles. The summed E-state index contributed by atoms with van der Waals surface area (Å²) in [7, 11) is 0. The van der Waals surface area contributed by atoms with Gasteiger partial charge in [-0.2, -0.15) is 0 Å². The average Bonchev–Trinajstić information content (AvgIpc) is 3.07. The second-order valence-electron chi connectivity index (χ2n) is 11.3. The average molecular weight is 616 g/mol. The lowest BCUT2D eigenvalue weighted by Gasteiger charge is -2.38. The maximum absolute atomic E-state index is 13.3. The Hall–Kier alpha value is -4.73. The summed E-state index contributed by atoms with van der Waals surface area (Å²) in [5.74, 6) is 1.62. The number of unbranched alkanes of at least 4 members (excludes halogenated alkanes) is 1. The smallest absolute Gasteiger partial charge is 0.418 e. The Labute approximate surface area is 264 Å². The van der Waals surface area contributed by atoms with Gasteiger partial charge in [0.2, 0.25) is 0 Å². The summed E-state index contributed by atoms with van der Waals surface area (Å²) < 4.78 is 23.0. The number of piperidine rings is 2. The summed E-state index contributed by atoms with van der Waals surface area (Å²) in [6.45, 7) is 1.92. The van der Waals surface area contributed by atoms with Crippen LogP contribution in [-0.4, -0.2) is 66.6 Å². The van der Waals surface area contributed by atoms with Crippen molar-refractivity contribution in [2.45, 2.75) is 63.7 Å². The van der Waals surface area contributed by atoms with Gasteiger partial charge in [0.05, 0.1) is 0 Å². The van der Waals surface area contributed by atoms with Crippen LogP contribution in [0.3, 0.4) is 0 Å². The maximum atomic E-state index is 13.3. The summed E-state index contributed by atoms with van der Waals surface area (Å²) in [5.41, 5.74) is 1.27. The first kappa shape index (κ1) is 31.7. The zero-order valence-electron chi connectivity index (χ0n) is 25.5. The number of likely N-dealkylation sites (tertiary alicyclic amines) is 2. The molecule has 0 bridgehead atoms. The molecule has 238 valence electrons. The minimum Gasteiger partial charge on any atom is -0.457 e. The lowest BCUT2D eigenvalue weighted by Crippen LogP contribution is -2.53. The molecule has 10 heteroatoms. The predicted octanol–water partition coefficient (Wildman–Crippen LogP) is 7.14. The number of nitrogens with zero attached hydrogens (tertiary/aromatic N) is 2. The van der Waals surface area contributed by atoms with E-state index in [-0.39, 0.29) is 13.0 Å². The van der Waals surface area contributed by atoms with Crippen molar-refractivity contribution in [1.29, 1.82) is 0 Å². The van der Waals surface area contributed by atoms with Gasteiger partial charge in [0.25, 0.3) is 0 Å². The number of rotatable bonds is 10. The molecule has 2 unspecified atom stereocenters. The van der Waals surface area contributed by atoms with Gasteiger partial charge >= 0.3 is 18.3 Å². The molecule has 2 atom stereocenters. The number of carbonyl (C=O) groups excluding carboxylic acids is 3. The molecule has 2 heterocycles. The zero-order chi connectivity index (χ0) is 31.3. The molecular formula is C35H41N3O7. The van der Waals surface area contributed by atoms with E-state index in [0.29, 0.717) is 43.3 Å². The molecule has 2 saturated heterocycles. The molecule has 0 aromatic heterocycles. The molecule has 0 radical (unpaired) electrons. The molecule has 3 amide bonds. The van der Waals surface area contributed by atoms with Gasteiger partial charge in [0.1, 0.15) is 23.4 Å². The first-order chi connectivity index (χ1) is 22.0. The summed E-state index contributed by atoms with van der Waals surface area (Å²) in [5, 5.41) is 2.82. The molecule has 0 saturated carbocycles. The number of para-hydroxylation sites is 1. The number of carbonyl (C=O) groups is 3. The Morgan fingerprint density at radius 3 is 2.11 bits per heavy atom. The Bertz CT molecular complexity index is 1370. The molecule has 5 rings (SSSR count). The van der Waals surface area contributed by atoms with Crippen LogP contribution in [0.15, 0.2) is 84.9 Å². The van der Waals surface area contributed by atoms with Crippen LogP contribution in [0.2, 0.25) is 0 Å². The van der Waals surface area contributed by atoms with Crippen molar-refractivity contribution >= 4 is 18.3 Å². The molecular weight excluding hydrogens is 574 g/mol. The van der Waals surface area contributed by atoms with Crippen LogP contribution in [0.1, 0.15) is 50.5 Å². The number of benzene rings is 3. The largest absolute Gasteiger partial charge is 0.457 e. The highest BCUT2D eigenvalue weighted by atomic mass is 16.6. The van der Waals surface area contributed by atoms with E-state index in [2.05, 4.69) is 17.4 Å². The van der Waals surface area contributed by atoms with Gasteiger partial charge in [0, 0.05) is 39.0 Å². The van der Waals surface area contributed by atoms with Crippen LogP contribution < -0.4 is 14.8 Å². The summed E-state index contributed by atoms with van der Waals surface area (Å²) in [4.78, 5) is 41.9. The fraction of sp³-hybridized carbons (Fsp3) is 0.400. The van der Waals surface area contributed by atoms with Gasteiger partial charge in [-0.15, -0.1) is 0 Å². The van der Waals surface area contributed by atoms with Crippen molar-refractivity contribution in [1.82, 2.24) is 15.1 Å². The molecule has 3 aromatic carbocycles. The highest BCUT2D eigenvalue weighted by molar-refractivity contribution is 5.73. The van der Waals surface area contributed by atoms with Gasteiger partial charge in [-0.3, -0.25) is 4.90 Å². The highest BCUT2D eigenvalue weighted by Crippen LogP contribution is 2.27. The third-order valence-electron chi connectivity index (χ3n) is 7.88. The van der Waals surface area contributed by atoms with Crippen molar-refractivity contribution in [3.63, 3.8) is 0 Å². The van der Waals surface area contributed by atoms with Gasteiger partial charge in [-0.05, 0) is 80.5 Å². The number of aryl methyl sites for hydroxylation is 1. The molecule has 3 aromatic rings. The molecule has 2 aliphatic rings. The molecule has 10 nitrogen and oxygen atoms in total. The lowest BCUT2D eigenvalue weighted by atomic mass is 10.1. The molecule has 0 spiro atoms. The Morgan fingerprint density at radius 1 is 0.711 bits per heavy atom. The van der Waals surface area contributed by atoms with Gasteiger partial charge < -0.3 is 29.2 Å². The van der Waals surface area contributed by atoms with E-state index in [9.17, 15) is 14.4 Å². The van der Waals surface area contributed by atoms with Crippen LogP contribution in [-0.2, 0) is 15.9 Å². The number of nitrogens with one attached hydrogen (secondary N) is 1. The fourth-order valence-electron chi connectivity index (χ4n) is 5.43. The number of hydrogen-bond acceptors (Lipinski definition) is 7. The summed E-state index contributed by atoms with van der Waals surface area (Å²) >= 11 is 0. The van der Waals surface area contributed by atoms with Crippen molar-refractivity contribution in [2.75, 3.05) is 26.2 Å². The number of hydrogen-bond donors (Lipinski definition) is 1. The summed E-state index contributed by atoms with van der Waals surface area (Å²) in [6, 6.07) is 26.3. The second kappa shape index (κ2) is 16.4. The normalized spacial score (nSPS) is 18.0. The second-order valence-corrected chi connectivity index (χ2v) is 11.3. The van der Waals surface area contributed by atoms with Gasteiger partial charge in [-0.25, -0.2) is 14.4 Å². The van der Waals surface area contributed by atoms with Gasteiger partial charge in [-0.1, -0.05) is 48.5 Å². The SMILES string of the molecule is O=C(NCCCCc1ccccc1)OC1CCN(C(=O)Oc2ccc(Oc3ccccc3)cc2)C(OC(=O)N2CCCCC2)C1. The van der Waals surface area contributed by atoms with Crippen LogP contribution in [0.5, 0.6) is 17.2 Å². The monoisotopic (exact) mass is 615 g/mol. The van der Waals surface area contributed by atoms with E-state index in [1.807, 2.05) is 48.5 Å². The minimum atomic E-state index is -0.940. The van der Waals surface area contributed by atoms with Gasteiger partial charge in [0.15, 0.2) is 6.23 Å². The Kier molecular flexibility index (Phi) is 11.5. The maximum Gasteiger partial charge on any atom is 0.418 e. The first-order valence-corrected chi connectivity index (χ1v) is 15.8. The Balaban J connectivity index is 1.13. The lowest BCUT2D eigenvalue weighted by molar-refractivity contribution is -0.0706. The Morgan fingerprint density at radius 2 is 1.38 bits per heavy atom. The van der Waals surface area contributed by atoms with E-state index in [1.54, 1.807) is 29.2 Å². The standard InChI is InChI=1S/C35H41N3O7/c39-33(36-22-9-8-14-27-12-4-1-5-13-27)43-31-21-25-38(32(26-31)45-34(40)37-23-10-3-11-24-37)35(41)44-30-19-17-29(18-20-30)42-28-15-6-2-7-16-28/h1-2,4-7,12-13,15-20,31-32H,3,8-11,14,21-26H2,(H,36,39). The number of ether oxygens (including phenoxy) is 4. The first-order valence-electron chi connectivity index (χ1n) is 15.8. The van der Waals surface area contributed by atoms with Crippen molar-refractivity contribution < 1.29 is 33.3 Å². The van der Waals surface area contributed by atoms with E-state index in [0.717, 1.165) is 38.5 Å². The van der Waals surface area contributed by atoms with Crippen molar-refractivity contribution in [3.8, 4) is 17.2 Å². The highest BCUT2D eigenvalue weighted by Gasteiger charge is 2.38. The predicted molar refractivity (Wildman–Crippen MR) is 168 cm³/mol. The van der Waals surface area contributed by atoms with Crippen LogP contribution >= 0.6 is 0 Å². The number of amides is 3. The van der Waals surface area contributed by atoms with Crippen LogP contribution in [0.25, 0.3) is 0 Å². The quantitative estimate of drug-likeness (QED) is 0.242. The van der Waals surface area contributed by atoms with E-state index >= 15 is 0 Å². The zero-order valence-corrected chi connectivity index (χ0v) is 25.5. The number of alkyl carbamates (subject to hydrolysis) is 1. The molecule has 2 fully saturated rings. The third-order valence-corrected chi connectivity index (χ3v) is 7.88. The molecule has 45 heavy (non-hydrogen) atoms.